The van der Waals surface area contributed by atoms with Crippen molar-refractivity contribution in [3.05, 3.63) is 0 Å². The number of methoxy groups -OCH3 is 1. The summed E-state index contributed by atoms with van der Waals surface area (Å²) in [7, 11) is 1.53. The monoisotopic (exact) mass is 204 g/mol. The fourth-order valence-corrected chi connectivity index (χ4v) is 2.10. The number of hydrogen-bond acceptors (Lipinski definition) is 5. The minimum Gasteiger partial charge on any atom is -0.390 e. The lowest BCUT2D eigenvalue weighted by atomic mass is 9.86. The Bertz CT molecular complexity index is 221. The zero-order valence-electron chi connectivity index (χ0n) is 8.34. The Hall–Kier alpha value is -0.200. The topological polar surface area (TPSA) is 68.2 Å². The molecule has 2 heterocycles. The molecule has 2 N–H and O–H groups in total. The van der Waals surface area contributed by atoms with Crippen LogP contribution < -0.4 is 0 Å². The summed E-state index contributed by atoms with van der Waals surface area (Å²) < 4.78 is 15.9. The standard InChI is InChI=1S/C9H16O5/c1-5-6(10)7(11)9(3-12-2)4-13-8(5)14-9/h5-8,10-11H,3-4H2,1-2H3/t5-,6-,7-,8+,9+/m1/s1. The van der Waals surface area contributed by atoms with Gasteiger partial charge in [-0.3, -0.25) is 0 Å². The average Bonchev–Trinajstić information content (AvgIpc) is 2.56. The van der Waals surface area contributed by atoms with Gasteiger partial charge >= 0.3 is 0 Å². The Labute approximate surface area is 82.6 Å². The molecule has 5 atom stereocenters. The van der Waals surface area contributed by atoms with Crippen molar-refractivity contribution in [1.82, 2.24) is 0 Å². The highest BCUT2D eigenvalue weighted by Gasteiger charge is 2.57. The van der Waals surface area contributed by atoms with Crippen LogP contribution >= 0.6 is 0 Å². The third kappa shape index (κ3) is 1.28. The van der Waals surface area contributed by atoms with Crippen molar-refractivity contribution in [2.45, 2.75) is 31.0 Å². The summed E-state index contributed by atoms with van der Waals surface area (Å²) in [6.07, 6.45) is -2.19. The molecule has 0 saturated carbocycles. The quantitative estimate of drug-likeness (QED) is 0.611. The minimum absolute atomic E-state index is 0.211. The number of aliphatic hydroxyl groups excluding tert-OH is 2. The molecule has 0 aromatic rings. The van der Waals surface area contributed by atoms with Crippen LogP contribution in [0.3, 0.4) is 0 Å². The maximum atomic E-state index is 9.88. The molecule has 0 radical (unpaired) electrons. The first-order valence-electron chi connectivity index (χ1n) is 4.75. The molecule has 0 unspecified atom stereocenters. The molecular formula is C9H16O5. The van der Waals surface area contributed by atoms with Gasteiger partial charge in [-0.1, -0.05) is 6.92 Å². The molecule has 2 saturated heterocycles. The van der Waals surface area contributed by atoms with Crippen molar-refractivity contribution >= 4 is 0 Å². The first-order chi connectivity index (χ1) is 6.60. The second kappa shape index (κ2) is 3.43. The summed E-state index contributed by atoms with van der Waals surface area (Å²) in [5.74, 6) is -0.211. The summed E-state index contributed by atoms with van der Waals surface area (Å²) in [5, 5.41) is 19.6. The molecule has 2 aliphatic heterocycles. The lowest BCUT2D eigenvalue weighted by Crippen LogP contribution is -2.60. The second-order valence-corrected chi connectivity index (χ2v) is 4.09. The molecule has 0 aromatic heterocycles. The molecule has 5 heteroatoms. The van der Waals surface area contributed by atoms with Crippen molar-refractivity contribution in [1.29, 1.82) is 0 Å². The Balaban J connectivity index is 2.20. The molecule has 0 spiro atoms. The van der Waals surface area contributed by atoms with Gasteiger partial charge in [0.15, 0.2) is 6.29 Å². The predicted molar refractivity (Wildman–Crippen MR) is 46.6 cm³/mol. The zero-order chi connectivity index (χ0) is 10.3. The lowest BCUT2D eigenvalue weighted by Gasteiger charge is -2.41. The number of hydrogen-bond donors (Lipinski definition) is 2. The van der Waals surface area contributed by atoms with Crippen LogP contribution in [0.5, 0.6) is 0 Å². The normalized spacial score (nSPS) is 52.3. The van der Waals surface area contributed by atoms with E-state index in [1.54, 1.807) is 6.92 Å². The van der Waals surface area contributed by atoms with Gasteiger partial charge in [-0.2, -0.15) is 0 Å². The van der Waals surface area contributed by atoms with Gasteiger partial charge in [0.1, 0.15) is 11.7 Å². The van der Waals surface area contributed by atoms with E-state index in [4.69, 9.17) is 14.2 Å². The van der Waals surface area contributed by atoms with E-state index in [-0.39, 0.29) is 19.1 Å². The molecule has 0 amide bonds. The summed E-state index contributed by atoms with van der Waals surface area (Å²) in [5.41, 5.74) is -0.884. The highest BCUT2D eigenvalue weighted by atomic mass is 16.7. The average molecular weight is 204 g/mol. The van der Waals surface area contributed by atoms with E-state index in [0.717, 1.165) is 0 Å². The number of aliphatic hydroxyl groups is 2. The molecule has 0 aromatic carbocycles. The van der Waals surface area contributed by atoms with Gasteiger partial charge in [0.2, 0.25) is 0 Å². The third-order valence-electron chi connectivity index (χ3n) is 3.06. The van der Waals surface area contributed by atoms with E-state index in [0.29, 0.717) is 0 Å². The number of fused-ring (bicyclic) bond motifs is 2. The van der Waals surface area contributed by atoms with E-state index < -0.39 is 24.1 Å². The fraction of sp³-hybridized carbons (Fsp3) is 1.00. The molecule has 82 valence electrons. The van der Waals surface area contributed by atoms with Gasteiger partial charge in [-0.25, -0.2) is 0 Å². The van der Waals surface area contributed by atoms with Crippen LogP contribution in [0.1, 0.15) is 6.92 Å². The Morgan fingerprint density at radius 1 is 1.50 bits per heavy atom. The van der Waals surface area contributed by atoms with Gasteiger partial charge in [0.25, 0.3) is 0 Å². The van der Waals surface area contributed by atoms with Crippen molar-refractivity contribution in [2.24, 2.45) is 5.92 Å². The Morgan fingerprint density at radius 3 is 2.86 bits per heavy atom. The van der Waals surface area contributed by atoms with Crippen molar-refractivity contribution in [3.63, 3.8) is 0 Å². The second-order valence-electron chi connectivity index (χ2n) is 4.09. The molecule has 14 heavy (non-hydrogen) atoms. The Morgan fingerprint density at radius 2 is 2.21 bits per heavy atom. The van der Waals surface area contributed by atoms with E-state index in [1.807, 2.05) is 0 Å². The van der Waals surface area contributed by atoms with Gasteiger partial charge < -0.3 is 24.4 Å². The van der Waals surface area contributed by atoms with Crippen LogP contribution in [0.2, 0.25) is 0 Å². The first-order valence-corrected chi connectivity index (χ1v) is 4.75. The van der Waals surface area contributed by atoms with Gasteiger partial charge in [0.05, 0.1) is 19.3 Å². The van der Waals surface area contributed by atoms with E-state index in [9.17, 15) is 10.2 Å². The fourth-order valence-electron chi connectivity index (χ4n) is 2.10. The highest BCUT2D eigenvalue weighted by Crippen LogP contribution is 2.39. The van der Waals surface area contributed by atoms with Crippen molar-refractivity contribution in [3.8, 4) is 0 Å². The van der Waals surface area contributed by atoms with Gasteiger partial charge in [-0.15, -0.1) is 0 Å². The number of rotatable bonds is 2. The van der Waals surface area contributed by atoms with Gasteiger partial charge in [-0.05, 0) is 0 Å². The SMILES string of the molecule is COC[C@@]12CO[C@@H](O1)[C@H](C)[C@@H](O)[C@H]2O. The van der Waals surface area contributed by atoms with Crippen LogP contribution in [0.15, 0.2) is 0 Å². The maximum Gasteiger partial charge on any atom is 0.163 e. The molecule has 2 bridgehead atoms. The zero-order valence-corrected chi connectivity index (χ0v) is 8.34. The van der Waals surface area contributed by atoms with Crippen LogP contribution in [-0.4, -0.2) is 54.6 Å². The molecule has 5 nitrogen and oxygen atoms in total. The van der Waals surface area contributed by atoms with Crippen LogP contribution in [0, 0.1) is 5.92 Å². The largest absolute Gasteiger partial charge is 0.390 e. The first kappa shape index (κ1) is 10.3. The molecule has 2 aliphatic rings. The molecular weight excluding hydrogens is 188 g/mol. The third-order valence-corrected chi connectivity index (χ3v) is 3.06. The highest BCUT2D eigenvalue weighted by molar-refractivity contribution is 5.02. The molecule has 2 rings (SSSR count). The minimum atomic E-state index is -0.948. The molecule has 0 aliphatic carbocycles. The summed E-state index contributed by atoms with van der Waals surface area (Å²) >= 11 is 0. The molecule has 2 fully saturated rings. The van der Waals surface area contributed by atoms with Crippen molar-refractivity contribution in [2.75, 3.05) is 20.3 Å². The predicted octanol–water partition coefficient (Wildman–Crippen LogP) is -0.884. The lowest BCUT2D eigenvalue weighted by molar-refractivity contribution is -0.246. The Kier molecular flexibility index (Phi) is 2.53. The summed E-state index contributed by atoms with van der Waals surface area (Å²) in [6.45, 7) is 2.29. The van der Waals surface area contributed by atoms with Crippen LogP contribution in [0.4, 0.5) is 0 Å². The summed E-state index contributed by atoms with van der Waals surface area (Å²) in [4.78, 5) is 0. The number of ether oxygens (including phenoxy) is 3. The van der Waals surface area contributed by atoms with Crippen molar-refractivity contribution < 1.29 is 24.4 Å². The van der Waals surface area contributed by atoms with E-state index in [1.165, 1.54) is 7.11 Å². The summed E-state index contributed by atoms with van der Waals surface area (Å²) in [6, 6.07) is 0. The van der Waals surface area contributed by atoms with E-state index in [2.05, 4.69) is 0 Å². The smallest absolute Gasteiger partial charge is 0.163 e. The van der Waals surface area contributed by atoms with Gasteiger partial charge in [0, 0.05) is 13.0 Å². The van der Waals surface area contributed by atoms with Crippen LogP contribution in [-0.2, 0) is 14.2 Å². The van der Waals surface area contributed by atoms with Crippen LogP contribution in [0.25, 0.3) is 0 Å². The van der Waals surface area contributed by atoms with E-state index >= 15 is 0 Å². The maximum absolute atomic E-state index is 9.88.